The van der Waals surface area contributed by atoms with E-state index in [1.807, 2.05) is 6.07 Å². The minimum absolute atomic E-state index is 0.0848. The Labute approximate surface area is 131 Å². The second kappa shape index (κ2) is 6.09. The van der Waals surface area contributed by atoms with Gasteiger partial charge in [0.15, 0.2) is 5.78 Å². The molecule has 0 heterocycles. The van der Waals surface area contributed by atoms with Gasteiger partial charge >= 0.3 is 0 Å². The molecule has 0 unspecified atom stereocenters. The smallest absolute Gasteiger partial charge is 0.168 e. The molecule has 0 aliphatic carbocycles. The van der Waals surface area contributed by atoms with E-state index in [9.17, 15) is 13.6 Å². The van der Waals surface area contributed by atoms with Crippen LogP contribution >= 0.6 is 38.5 Å². The molecular weight excluding hydrogens is 429 g/mol. The van der Waals surface area contributed by atoms with Gasteiger partial charge in [-0.2, -0.15) is 0 Å². The molecule has 0 atom stereocenters. The molecule has 1 nitrogen and oxygen atoms in total. The number of rotatable bonds is 3. The second-order valence-corrected chi connectivity index (χ2v) is 6.04. The van der Waals surface area contributed by atoms with E-state index in [0.29, 0.717) is 5.56 Å². The van der Waals surface area contributed by atoms with Crippen LogP contribution in [0.2, 0.25) is 0 Å². The van der Waals surface area contributed by atoms with E-state index in [2.05, 4.69) is 38.5 Å². The summed E-state index contributed by atoms with van der Waals surface area (Å²) in [5.41, 5.74) is 0.723. The molecule has 0 aliphatic heterocycles. The molecule has 5 heteroatoms. The van der Waals surface area contributed by atoms with Crippen molar-refractivity contribution in [3.8, 4) is 0 Å². The molecule has 0 fully saturated rings. The predicted octanol–water partition coefficient (Wildman–Crippen LogP) is 4.76. The Morgan fingerprint density at radius 1 is 1.16 bits per heavy atom. The number of hydrogen-bond acceptors (Lipinski definition) is 1. The van der Waals surface area contributed by atoms with Crippen molar-refractivity contribution >= 4 is 44.3 Å². The molecule has 2 aromatic carbocycles. The summed E-state index contributed by atoms with van der Waals surface area (Å²) in [6, 6.07) is 8.57. The summed E-state index contributed by atoms with van der Waals surface area (Å²) in [6.45, 7) is 0. The number of halogens is 4. The largest absolute Gasteiger partial charge is 0.294 e. The van der Waals surface area contributed by atoms with Gasteiger partial charge in [0.25, 0.3) is 0 Å². The Hall–Kier alpha value is -0.820. The fourth-order valence-corrected chi connectivity index (χ4v) is 2.64. The first-order chi connectivity index (χ1) is 8.97. The van der Waals surface area contributed by atoms with Crippen molar-refractivity contribution in [1.82, 2.24) is 0 Å². The van der Waals surface area contributed by atoms with Gasteiger partial charge in [0, 0.05) is 26.1 Å². The molecule has 0 aromatic heterocycles. The Morgan fingerprint density at radius 3 is 2.58 bits per heavy atom. The number of ketones is 1. The van der Waals surface area contributed by atoms with Crippen LogP contribution in [-0.2, 0) is 6.42 Å². The highest BCUT2D eigenvalue weighted by Crippen LogP contribution is 2.21. The normalized spacial score (nSPS) is 10.5. The molecule has 0 N–H and O–H groups in total. The van der Waals surface area contributed by atoms with Crippen LogP contribution in [0.5, 0.6) is 0 Å². The second-order valence-electron chi connectivity index (χ2n) is 3.96. The number of Topliss-reactive ketones (excluding diaryl/α,β-unsaturated/α-hetero) is 1. The molecule has 0 saturated heterocycles. The lowest BCUT2D eigenvalue weighted by atomic mass is 10.0. The lowest BCUT2D eigenvalue weighted by molar-refractivity contribution is 0.0991. The first kappa shape index (κ1) is 14.6. The van der Waals surface area contributed by atoms with Crippen molar-refractivity contribution in [2.24, 2.45) is 0 Å². The van der Waals surface area contributed by atoms with Gasteiger partial charge in [-0.25, -0.2) is 8.78 Å². The van der Waals surface area contributed by atoms with Crippen LogP contribution < -0.4 is 0 Å². The summed E-state index contributed by atoms with van der Waals surface area (Å²) >= 11 is 5.35. The quantitative estimate of drug-likeness (QED) is 0.501. The van der Waals surface area contributed by atoms with Crippen molar-refractivity contribution in [3.63, 3.8) is 0 Å². The minimum atomic E-state index is -0.696. The van der Waals surface area contributed by atoms with Crippen LogP contribution in [0.3, 0.4) is 0 Å². The van der Waals surface area contributed by atoms with Crippen LogP contribution in [-0.4, -0.2) is 5.78 Å². The third-order valence-electron chi connectivity index (χ3n) is 2.59. The zero-order chi connectivity index (χ0) is 14.0. The molecule has 0 bridgehead atoms. The van der Waals surface area contributed by atoms with Crippen molar-refractivity contribution in [1.29, 1.82) is 0 Å². The maximum Gasteiger partial charge on any atom is 0.168 e. The first-order valence-corrected chi connectivity index (χ1v) is 7.26. The van der Waals surface area contributed by atoms with E-state index in [4.69, 9.17) is 0 Å². The highest BCUT2D eigenvalue weighted by molar-refractivity contribution is 14.1. The molecule has 0 spiro atoms. The Balaban J connectivity index is 2.28. The molecular formula is C14H8BrF2IO. The van der Waals surface area contributed by atoms with Gasteiger partial charge in [0.1, 0.15) is 11.6 Å². The third-order valence-corrected chi connectivity index (χ3v) is 4.03. The standard InChI is InChI=1S/C14H8BrF2IO/c15-9-2-4-13(18)11(6-9)14(19)5-8-1-3-10(16)7-12(8)17/h1-4,6-7H,5H2. The average molecular weight is 437 g/mol. The molecule has 0 aliphatic rings. The number of hydrogen-bond donors (Lipinski definition) is 0. The summed E-state index contributed by atoms with van der Waals surface area (Å²) in [5, 5.41) is 0. The fraction of sp³-hybridized carbons (Fsp3) is 0.0714. The summed E-state index contributed by atoms with van der Waals surface area (Å²) in [4.78, 5) is 12.1. The van der Waals surface area contributed by atoms with Crippen LogP contribution in [0.4, 0.5) is 8.78 Å². The van der Waals surface area contributed by atoms with E-state index in [1.54, 1.807) is 12.1 Å². The Morgan fingerprint density at radius 2 is 1.89 bits per heavy atom. The van der Waals surface area contributed by atoms with Crippen LogP contribution in [0.1, 0.15) is 15.9 Å². The monoisotopic (exact) mass is 436 g/mol. The molecule has 0 amide bonds. The molecule has 0 saturated carbocycles. The van der Waals surface area contributed by atoms with Gasteiger partial charge < -0.3 is 0 Å². The molecule has 2 aromatic rings. The highest BCUT2D eigenvalue weighted by atomic mass is 127. The van der Waals surface area contributed by atoms with Gasteiger partial charge in [-0.05, 0) is 52.4 Å². The van der Waals surface area contributed by atoms with Gasteiger partial charge in [-0.1, -0.05) is 22.0 Å². The van der Waals surface area contributed by atoms with Crippen LogP contribution in [0, 0.1) is 15.2 Å². The average Bonchev–Trinajstić information content (AvgIpc) is 2.35. The number of carbonyl (C=O) groups is 1. The van der Waals surface area contributed by atoms with E-state index in [1.165, 1.54) is 6.07 Å². The topological polar surface area (TPSA) is 17.1 Å². The van der Waals surface area contributed by atoms with E-state index in [-0.39, 0.29) is 17.8 Å². The summed E-state index contributed by atoms with van der Waals surface area (Å²) < 4.78 is 27.9. The fourth-order valence-electron chi connectivity index (χ4n) is 1.64. The molecule has 2 rings (SSSR count). The summed E-state index contributed by atoms with van der Waals surface area (Å²) in [6.07, 6.45) is -0.0848. The summed E-state index contributed by atoms with van der Waals surface area (Å²) in [7, 11) is 0. The Bertz CT molecular complexity index is 643. The lowest BCUT2D eigenvalue weighted by Gasteiger charge is -2.06. The first-order valence-electron chi connectivity index (χ1n) is 5.39. The van der Waals surface area contributed by atoms with Crippen molar-refractivity contribution in [2.45, 2.75) is 6.42 Å². The van der Waals surface area contributed by atoms with Crippen LogP contribution in [0.15, 0.2) is 40.9 Å². The van der Waals surface area contributed by atoms with E-state index >= 15 is 0 Å². The zero-order valence-corrected chi connectivity index (χ0v) is 13.3. The minimum Gasteiger partial charge on any atom is -0.294 e. The SMILES string of the molecule is O=C(Cc1ccc(F)cc1F)c1cc(Br)ccc1I. The van der Waals surface area contributed by atoms with E-state index in [0.717, 1.165) is 20.2 Å². The van der Waals surface area contributed by atoms with Gasteiger partial charge in [0.05, 0.1) is 0 Å². The predicted molar refractivity (Wildman–Crippen MR) is 81.3 cm³/mol. The third kappa shape index (κ3) is 3.60. The molecule has 0 radical (unpaired) electrons. The van der Waals surface area contributed by atoms with Gasteiger partial charge in [-0.3, -0.25) is 4.79 Å². The van der Waals surface area contributed by atoms with Crippen LogP contribution in [0.25, 0.3) is 0 Å². The Kier molecular flexibility index (Phi) is 4.67. The van der Waals surface area contributed by atoms with Gasteiger partial charge in [0.2, 0.25) is 0 Å². The van der Waals surface area contributed by atoms with E-state index < -0.39 is 11.6 Å². The van der Waals surface area contributed by atoms with Crippen molar-refractivity contribution < 1.29 is 13.6 Å². The zero-order valence-electron chi connectivity index (χ0n) is 9.59. The number of benzene rings is 2. The van der Waals surface area contributed by atoms with Crippen molar-refractivity contribution in [3.05, 3.63) is 67.2 Å². The van der Waals surface area contributed by atoms with Crippen molar-refractivity contribution in [2.75, 3.05) is 0 Å². The van der Waals surface area contributed by atoms with Gasteiger partial charge in [-0.15, -0.1) is 0 Å². The maximum atomic E-state index is 13.5. The molecule has 98 valence electrons. The number of carbonyl (C=O) groups excluding carboxylic acids is 1. The lowest BCUT2D eigenvalue weighted by Crippen LogP contribution is -2.07. The maximum absolute atomic E-state index is 13.5. The highest BCUT2D eigenvalue weighted by Gasteiger charge is 2.14. The molecule has 19 heavy (non-hydrogen) atoms. The summed E-state index contributed by atoms with van der Waals surface area (Å²) in [5.74, 6) is -1.54.